The second-order valence-electron chi connectivity index (χ2n) is 5.04. The van der Waals surface area contributed by atoms with E-state index in [4.69, 9.17) is 0 Å². The smallest absolute Gasteiger partial charge is 0.241 e. The molecule has 1 heterocycles. The molecular weight excluding hydrogens is 278 g/mol. The summed E-state index contributed by atoms with van der Waals surface area (Å²) in [6, 6.07) is 4.95. The zero-order valence-electron chi connectivity index (χ0n) is 11.6. The van der Waals surface area contributed by atoms with Crippen molar-refractivity contribution >= 4 is 27.3 Å². The second-order valence-corrected chi connectivity index (χ2v) is 6.79. The maximum Gasteiger partial charge on any atom is 0.241 e. The molecule has 6 nitrogen and oxygen atoms in total. The summed E-state index contributed by atoms with van der Waals surface area (Å²) in [5.41, 5.74) is 1.94. The Morgan fingerprint density at radius 2 is 2.15 bits per heavy atom. The van der Waals surface area contributed by atoms with E-state index >= 15 is 0 Å². The molecule has 2 rings (SSSR count). The van der Waals surface area contributed by atoms with Crippen LogP contribution in [0.1, 0.15) is 18.4 Å². The number of hydrogen-bond acceptors (Lipinski definition) is 4. The quantitative estimate of drug-likeness (QED) is 0.775. The average molecular weight is 297 g/mol. The predicted octanol–water partition coefficient (Wildman–Crippen LogP) is 1.06. The van der Waals surface area contributed by atoms with Crippen LogP contribution in [0.5, 0.6) is 0 Å². The molecule has 1 saturated heterocycles. The lowest BCUT2D eigenvalue weighted by Crippen LogP contribution is -2.35. The van der Waals surface area contributed by atoms with E-state index < -0.39 is 10.0 Å². The molecule has 1 aliphatic rings. The number of sulfonamides is 1. The van der Waals surface area contributed by atoms with Crippen LogP contribution in [0.3, 0.4) is 0 Å². The lowest BCUT2D eigenvalue weighted by molar-refractivity contribution is -0.117. The lowest BCUT2D eigenvalue weighted by Gasteiger charge is -2.13. The van der Waals surface area contributed by atoms with E-state index in [-0.39, 0.29) is 11.9 Å². The number of carbonyl (C=O) groups excluding carboxylic acids is 1. The van der Waals surface area contributed by atoms with Crippen molar-refractivity contribution in [2.24, 2.45) is 0 Å². The zero-order valence-corrected chi connectivity index (χ0v) is 12.4. The van der Waals surface area contributed by atoms with Gasteiger partial charge in [0.25, 0.3) is 0 Å². The predicted molar refractivity (Wildman–Crippen MR) is 79.3 cm³/mol. The minimum Gasteiger partial charge on any atom is -0.325 e. The number of benzene rings is 1. The van der Waals surface area contributed by atoms with Crippen molar-refractivity contribution in [2.75, 3.05) is 22.8 Å². The Kier molecular flexibility index (Phi) is 4.29. The number of rotatable bonds is 4. The highest BCUT2D eigenvalue weighted by Gasteiger charge is 2.21. The van der Waals surface area contributed by atoms with Crippen LogP contribution in [-0.2, 0) is 14.8 Å². The third kappa shape index (κ3) is 3.94. The van der Waals surface area contributed by atoms with Gasteiger partial charge in [0.2, 0.25) is 15.9 Å². The number of amides is 1. The van der Waals surface area contributed by atoms with E-state index in [1.165, 1.54) is 0 Å². The largest absolute Gasteiger partial charge is 0.325 e. The van der Waals surface area contributed by atoms with Gasteiger partial charge in [0.15, 0.2) is 0 Å². The first kappa shape index (κ1) is 14.8. The fourth-order valence-electron chi connectivity index (χ4n) is 2.19. The summed E-state index contributed by atoms with van der Waals surface area (Å²) in [5.74, 6) is -0.0503. The topological polar surface area (TPSA) is 87.3 Å². The Morgan fingerprint density at radius 1 is 1.40 bits per heavy atom. The van der Waals surface area contributed by atoms with Crippen molar-refractivity contribution in [1.29, 1.82) is 0 Å². The van der Waals surface area contributed by atoms with Gasteiger partial charge in [-0.1, -0.05) is 0 Å². The van der Waals surface area contributed by atoms with E-state index in [0.29, 0.717) is 11.4 Å². The first-order valence-corrected chi connectivity index (χ1v) is 8.37. The molecule has 7 heteroatoms. The summed E-state index contributed by atoms with van der Waals surface area (Å²) in [5, 5.41) is 5.97. The van der Waals surface area contributed by atoms with Crippen LogP contribution in [0.2, 0.25) is 0 Å². The molecule has 1 fully saturated rings. The average Bonchev–Trinajstić information content (AvgIpc) is 2.85. The molecule has 0 radical (unpaired) electrons. The molecule has 0 saturated carbocycles. The highest BCUT2D eigenvalue weighted by molar-refractivity contribution is 7.92. The minimum atomic E-state index is -3.30. The molecule has 1 aromatic carbocycles. The van der Waals surface area contributed by atoms with Crippen LogP contribution in [0.15, 0.2) is 18.2 Å². The maximum atomic E-state index is 12.0. The number of hydrogen-bond donors (Lipinski definition) is 3. The summed E-state index contributed by atoms with van der Waals surface area (Å²) < 4.78 is 24.8. The Labute approximate surface area is 119 Å². The molecule has 0 aromatic heterocycles. The second kappa shape index (κ2) is 5.80. The molecule has 3 N–H and O–H groups in total. The van der Waals surface area contributed by atoms with Gasteiger partial charge in [0.1, 0.15) is 0 Å². The van der Waals surface area contributed by atoms with Gasteiger partial charge in [-0.3, -0.25) is 9.52 Å². The summed E-state index contributed by atoms with van der Waals surface area (Å²) in [4.78, 5) is 12.0. The minimum absolute atomic E-state index is 0.0503. The summed E-state index contributed by atoms with van der Waals surface area (Å²) in [7, 11) is -3.30. The first-order chi connectivity index (χ1) is 9.35. The monoisotopic (exact) mass is 297 g/mol. The highest BCUT2D eigenvalue weighted by atomic mass is 32.2. The van der Waals surface area contributed by atoms with Crippen molar-refractivity contribution in [2.45, 2.75) is 25.8 Å². The molecule has 0 bridgehead atoms. The summed E-state index contributed by atoms with van der Waals surface area (Å²) in [6.45, 7) is 2.66. The van der Waals surface area contributed by atoms with Crippen LogP contribution >= 0.6 is 0 Å². The van der Waals surface area contributed by atoms with Gasteiger partial charge in [-0.2, -0.15) is 0 Å². The number of aryl methyl sites for hydroxylation is 1. The molecule has 1 aromatic rings. The van der Waals surface area contributed by atoms with Crippen LogP contribution in [-0.4, -0.2) is 33.2 Å². The lowest BCUT2D eigenvalue weighted by atomic mass is 10.1. The summed E-state index contributed by atoms with van der Waals surface area (Å²) >= 11 is 0. The molecular formula is C13H19N3O3S. The highest BCUT2D eigenvalue weighted by Crippen LogP contribution is 2.21. The molecule has 110 valence electrons. The molecule has 1 aliphatic heterocycles. The molecule has 1 atom stereocenters. The molecule has 20 heavy (non-hydrogen) atoms. The Hall–Kier alpha value is -1.60. The van der Waals surface area contributed by atoms with E-state index in [2.05, 4.69) is 15.4 Å². The van der Waals surface area contributed by atoms with Gasteiger partial charge >= 0.3 is 0 Å². The third-order valence-electron chi connectivity index (χ3n) is 3.17. The molecule has 0 spiro atoms. The van der Waals surface area contributed by atoms with Crippen molar-refractivity contribution in [3.8, 4) is 0 Å². The number of nitrogens with one attached hydrogen (secondary N) is 3. The fourth-order valence-corrected chi connectivity index (χ4v) is 2.82. The SMILES string of the molecule is Cc1cc(NC(=O)[C@H]2CCCN2)ccc1NS(C)(=O)=O. The van der Waals surface area contributed by atoms with Crippen molar-refractivity contribution in [1.82, 2.24) is 5.32 Å². The molecule has 1 amide bonds. The standard InChI is InChI=1S/C13H19N3O3S/c1-9-8-10(5-6-11(9)16-20(2,18)19)15-13(17)12-4-3-7-14-12/h5-6,8,12,14,16H,3-4,7H2,1-2H3,(H,15,17)/t12-/m1/s1. The van der Waals surface area contributed by atoms with Crippen molar-refractivity contribution in [3.05, 3.63) is 23.8 Å². The van der Waals surface area contributed by atoms with Gasteiger partial charge < -0.3 is 10.6 Å². The van der Waals surface area contributed by atoms with Crippen LogP contribution in [0.25, 0.3) is 0 Å². The zero-order chi connectivity index (χ0) is 14.8. The molecule has 0 unspecified atom stereocenters. The van der Waals surface area contributed by atoms with Gasteiger partial charge in [-0.25, -0.2) is 8.42 Å². The van der Waals surface area contributed by atoms with Gasteiger partial charge in [0, 0.05) is 5.69 Å². The first-order valence-electron chi connectivity index (χ1n) is 6.48. The van der Waals surface area contributed by atoms with Crippen LogP contribution < -0.4 is 15.4 Å². The number of anilines is 2. The van der Waals surface area contributed by atoms with Crippen LogP contribution in [0, 0.1) is 6.92 Å². The van der Waals surface area contributed by atoms with Gasteiger partial charge in [-0.15, -0.1) is 0 Å². The van der Waals surface area contributed by atoms with Crippen molar-refractivity contribution in [3.63, 3.8) is 0 Å². The maximum absolute atomic E-state index is 12.0. The Balaban J connectivity index is 2.07. The van der Waals surface area contributed by atoms with E-state index in [9.17, 15) is 13.2 Å². The fraction of sp³-hybridized carbons (Fsp3) is 0.462. The summed E-state index contributed by atoms with van der Waals surface area (Å²) in [6.07, 6.45) is 2.96. The van der Waals surface area contributed by atoms with Gasteiger partial charge in [-0.05, 0) is 50.1 Å². The van der Waals surface area contributed by atoms with Crippen LogP contribution in [0.4, 0.5) is 11.4 Å². The van der Waals surface area contributed by atoms with E-state index in [1.807, 2.05) is 0 Å². The third-order valence-corrected chi connectivity index (χ3v) is 3.76. The normalized spacial score (nSPS) is 18.8. The van der Waals surface area contributed by atoms with E-state index in [1.54, 1.807) is 25.1 Å². The van der Waals surface area contributed by atoms with E-state index in [0.717, 1.165) is 31.2 Å². The Bertz CT molecular complexity index is 607. The Morgan fingerprint density at radius 3 is 2.70 bits per heavy atom. The van der Waals surface area contributed by atoms with Crippen molar-refractivity contribution < 1.29 is 13.2 Å². The number of carbonyl (C=O) groups is 1. The van der Waals surface area contributed by atoms with Gasteiger partial charge in [0.05, 0.1) is 18.0 Å². The molecule has 0 aliphatic carbocycles.